The molecule has 0 aliphatic heterocycles. The first-order chi connectivity index (χ1) is 9.26. The second-order valence-electron chi connectivity index (χ2n) is 3.25. The van der Waals surface area contributed by atoms with Crippen LogP contribution in [0, 0.1) is 0 Å². The van der Waals surface area contributed by atoms with Crippen LogP contribution in [0.5, 0.6) is 0 Å². The van der Waals surface area contributed by atoms with Crippen molar-refractivity contribution in [3.63, 3.8) is 0 Å². The van der Waals surface area contributed by atoms with Gasteiger partial charge in [-0.1, -0.05) is 5.11 Å². The first-order valence-electron chi connectivity index (χ1n) is 4.94. The van der Waals surface area contributed by atoms with E-state index in [1.807, 2.05) is 0 Å². The fraction of sp³-hybridized carbons (Fsp3) is 0. The minimum absolute atomic E-state index is 0.0151. The molecule has 0 radical (unpaired) electrons. The lowest BCUT2D eigenvalue weighted by atomic mass is 10.2. The lowest BCUT2D eigenvalue weighted by Gasteiger charge is -2.02. The summed E-state index contributed by atoms with van der Waals surface area (Å²) >= 11 is 0. The van der Waals surface area contributed by atoms with Gasteiger partial charge >= 0.3 is 0 Å². The van der Waals surface area contributed by atoms with Gasteiger partial charge in [0.15, 0.2) is 5.76 Å². The zero-order chi connectivity index (χ0) is 13.7. The number of aromatic nitrogens is 1. The van der Waals surface area contributed by atoms with E-state index < -0.39 is 5.91 Å². The van der Waals surface area contributed by atoms with Crippen molar-refractivity contribution in [3.05, 3.63) is 57.1 Å². The van der Waals surface area contributed by atoms with Gasteiger partial charge in [0.1, 0.15) is 5.69 Å². The van der Waals surface area contributed by atoms with Crippen molar-refractivity contribution in [3.8, 4) is 11.5 Å². The molecule has 19 heavy (non-hydrogen) atoms. The summed E-state index contributed by atoms with van der Waals surface area (Å²) in [6, 6.07) is 4.71. The number of azide groups is 2. The van der Waals surface area contributed by atoms with Crippen LogP contribution in [0.2, 0.25) is 0 Å². The monoisotopic (exact) mass is 255 g/mol. The number of hydrogen-bond acceptors (Lipinski definition) is 4. The molecule has 9 nitrogen and oxygen atoms in total. The Balaban J connectivity index is 2.55. The number of rotatable bonds is 3. The van der Waals surface area contributed by atoms with Crippen LogP contribution in [-0.4, -0.2) is 10.9 Å². The minimum Gasteiger partial charge on any atom is -0.463 e. The van der Waals surface area contributed by atoms with Crippen molar-refractivity contribution >= 4 is 11.6 Å². The third-order valence-corrected chi connectivity index (χ3v) is 2.17. The molecule has 0 atom stereocenters. The number of hydrogen-bond donors (Lipinski definition) is 0. The summed E-state index contributed by atoms with van der Waals surface area (Å²) in [7, 11) is 0. The molecule has 0 unspecified atom stereocenters. The van der Waals surface area contributed by atoms with Gasteiger partial charge in [0, 0.05) is 16.0 Å². The van der Waals surface area contributed by atoms with Crippen LogP contribution in [-0.2, 0) is 0 Å². The van der Waals surface area contributed by atoms with Crippen molar-refractivity contribution in [2.75, 3.05) is 0 Å². The van der Waals surface area contributed by atoms with E-state index in [9.17, 15) is 4.79 Å². The number of carbonyl (C=O) groups excluding carboxylic acids is 1. The van der Waals surface area contributed by atoms with Crippen LogP contribution >= 0.6 is 0 Å². The van der Waals surface area contributed by atoms with Crippen LogP contribution in [0.4, 0.5) is 5.69 Å². The molecule has 0 aromatic carbocycles. The van der Waals surface area contributed by atoms with Crippen molar-refractivity contribution < 1.29 is 9.21 Å². The Morgan fingerprint density at radius 3 is 2.84 bits per heavy atom. The normalized spacial score (nSPS) is 9.26. The van der Waals surface area contributed by atoms with Crippen molar-refractivity contribution in [1.29, 1.82) is 0 Å². The Bertz CT molecular complexity index is 709. The van der Waals surface area contributed by atoms with Gasteiger partial charge in [0.05, 0.1) is 17.5 Å². The van der Waals surface area contributed by atoms with Crippen LogP contribution < -0.4 is 0 Å². The molecular formula is C10H5N7O2. The summed E-state index contributed by atoms with van der Waals surface area (Å²) in [6.45, 7) is 0. The average molecular weight is 255 g/mol. The second-order valence-corrected chi connectivity index (χ2v) is 3.25. The van der Waals surface area contributed by atoms with E-state index in [0.717, 1.165) is 0 Å². The predicted octanol–water partition coefficient (Wildman–Crippen LogP) is 3.73. The number of pyridine rings is 1. The number of furan rings is 1. The molecule has 1 amide bonds. The Hall–Kier alpha value is -3.28. The van der Waals surface area contributed by atoms with Crippen molar-refractivity contribution in [1.82, 2.24) is 4.98 Å². The third-order valence-electron chi connectivity index (χ3n) is 2.17. The molecule has 2 aromatic heterocycles. The Kier molecular flexibility index (Phi) is 3.44. The van der Waals surface area contributed by atoms with Crippen LogP contribution in [0.3, 0.4) is 0 Å². The van der Waals surface area contributed by atoms with Gasteiger partial charge in [-0.05, 0) is 34.4 Å². The molecule has 2 heterocycles. The standard InChI is InChI=1S/C10H5N7O2/c11-16-14-7-4-8(9-2-1-3-19-9)13-5-6(7)10(18)15-17-12/h1-5H. The van der Waals surface area contributed by atoms with Gasteiger partial charge in [0.2, 0.25) is 0 Å². The summed E-state index contributed by atoms with van der Waals surface area (Å²) in [5.74, 6) is -0.416. The van der Waals surface area contributed by atoms with Gasteiger partial charge < -0.3 is 4.42 Å². The minimum atomic E-state index is -0.872. The third kappa shape index (κ3) is 2.52. The van der Waals surface area contributed by atoms with Crippen molar-refractivity contribution in [2.45, 2.75) is 0 Å². The highest BCUT2D eigenvalue weighted by Gasteiger charge is 2.12. The van der Waals surface area contributed by atoms with Crippen molar-refractivity contribution in [2.24, 2.45) is 10.2 Å². The number of nitrogens with zero attached hydrogens (tertiary/aromatic N) is 7. The van der Waals surface area contributed by atoms with Crippen LogP contribution in [0.25, 0.3) is 32.3 Å². The Morgan fingerprint density at radius 1 is 1.37 bits per heavy atom. The van der Waals surface area contributed by atoms with E-state index >= 15 is 0 Å². The summed E-state index contributed by atoms with van der Waals surface area (Å²) in [4.78, 5) is 20.4. The quantitative estimate of drug-likeness (QED) is 0.468. The van der Waals surface area contributed by atoms with E-state index in [2.05, 4.69) is 25.0 Å². The predicted molar refractivity (Wildman–Crippen MR) is 64.2 cm³/mol. The lowest BCUT2D eigenvalue weighted by Crippen LogP contribution is -1.96. The zero-order valence-electron chi connectivity index (χ0n) is 9.33. The molecule has 0 bridgehead atoms. The maximum atomic E-state index is 11.5. The van der Waals surface area contributed by atoms with Crippen LogP contribution in [0.15, 0.2) is 45.3 Å². The molecule has 9 heteroatoms. The van der Waals surface area contributed by atoms with E-state index in [1.165, 1.54) is 18.5 Å². The van der Waals surface area contributed by atoms with E-state index in [4.69, 9.17) is 15.5 Å². The SMILES string of the molecule is [N-]=[N+]=NC(=O)c1cnc(-c2ccco2)cc1N=[N+]=[N-]. The number of amides is 1. The molecule has 0 aliphatic carbocycles. The fourth-order valence-electron chi connectivity index (χ4n) is 1.39. The molecule has 2 rings (SSSR count). The highest BCUT2D eigenvalue weighted by molar-refractivity contribution is 5.99. The molecule has 0 spiro atoms. The highest BCUT2D eigenvalue weighted by Crippen LogP contribution is 2.26. The van der Waals surface area contributed by atoms with Gasteiger partial charge in [-0.2, -0.15) is 0 Å². The molecule has 0 fully saturated rings. The van der Waals surface area contributed by atoms with E-state index in [0.29, 0.717) is 11.5 Å². The van der Waals surface area contributed by atoms with E-state index in [-0.39, 0.29) is 11.3 Å². The largest absolute Gasteiger partial charge is 0.463 e. The first-order valence-corrected chi connectivity index (χ1v) is 4.94. The van der Waals surface area contributed by atoms with E-state index in [1.54, 1.807) is 12.1 Å². The zero-order valence-corrected chi connectivity index (χ0v) is 9.33. The molecule has 92 valence electrons. The summed E-state index contributed by atoms with van der Waals surface area (Å²) < 4.78 is 5.14. The lowest BCUT2D eigenvalue weighted by molar-refractivity contribution is 0.100. The highest BCUT2D eigenvalue weighted by atomic mass is 16.3. The Morgan fingerprint density at radius 2 is 2.21 bits per heavy atom. The Labute approximate surface area is 105 Å². The molecule has 0 aliphatic rings. The molecule has 0 N–H and O–H groups in total. The maximum absolute atomic E-state index is 11.5. The molecule has 0 saturated carbocycles. The molecule has 0 saturated heterocycles. The summed E-state index contributed by atoms with van der Waals surface area (Å²) in [5, 5.41) is 6.30. The second kappa shape index (κ2) is 5.37. The summed E-state index contributed by atoms with van der Waals surface area (Å²) in [6.07, 6.45) is 2.63. The topological polar surface area (TPSA) is 141 Å². The molecular weight excluding hydrogens is 250 g/mol. The van der Waals surface area contributed by atoms with Crippen LogP contribution in [0.1, 0.15) is 10.4 Å². The number of carbonyl (C=O) groups is 1. The van der Waals surface area contributed by atoms with Gasteiger partial charge in [-0.15, -0.1) is 0 Å². The maximum Gasteiger partial charge on any atom is 0.251 e. The summed E-state index contributed by atoms with van der Waals surface area (Å²) in [5.41, 5.74) is 17.0. The van der Waals surface area contributed by atoms with Gasteiger partial charge in [0.25, 0.3) is 5.91 Å². The average Bonchev–Trinajstić information content (AvgIpc) is 2.93. The first kappa shape index (κ1) is 12.2. The van der Waals surface area contributed by atoms with Gasteiger partial charge in [-0.25, -0.2) is 0 Å². The molecule has 2 aromatic rings. The van der Waals surface area contributed by atoms with Gasteiger partial charge in [-0.3, -0.25) is 9.78 Å². The smallest absolute Gasteiger partial charge is 0.251 e. The fourth-order valence-corrected chi connectivity index (χ4v) is 1.39.